The molecule has 140 valence electrons. The summed E-state index contributed by atoms with van der Waals surface area (Å²) in [5.74, 6) is 0.170. The van der Waals surface area contributed by atoms with Crippen molar-refractivity contribution in [3.8, 4) is 5.75 Å². The molecule has 2 aromatic rings. The third-order valence-electron chi connectivity index (χ3n) is 5.88. The number of nitrogens with zero attached hydrogens (tertiary/aromatic N) is 1. The van der Waals surface area contributed by atoms with Crippen molar-refractivity contribution in [3.05, 3.63) is 71.3 Å². The Morgan fingerprint density at radius 3 is 2.59 bits per heavy atom. The van der Waals surface area contributed by atoms with Gasteiger partial charge in [0.2, 0.25) is 0 Å². The number of aromatic hydroxyl groups is 1. The second kappa shape index (κ2) is 7.57. The quantitative estimate of drug-likeness (QED) is 0.876. The molecule has 0 spiro atoms. The number of likely N-dealkylation sites (tertiary alicyclic amines) is 1. The Kier molecular flexibility index (Phi) is 4.99. The van der Waals surface area contributed by atoms with Gasteiger partial charge in [0, 0.05) is 25.0 Å². The molecule has 2 N–H and O–H groups in total. The van der Waals surface area contributed by atoms with E-state index in [2.05, 4.69) is 47.6 Å². The first kappa shape index (κ1) is 17.8. The molecular formula is C23H26N2O2. The largest absolute Gasteiger partial charge is 0.507 e. The highest BCUT2D eigenvalue weighted by molar-refractivity contribution is 5.97. The molecule has 0 radical (unpaired) electrons. The fourth-order valence-electron chi connectivity index (χ4n) is 4.49. The Morgan fingerprint density at radius 1 is 1.07 bits per heavy atom. The van der Waals surface area contributed by atoms with E-state index >= 15 is 0 Å². The van der Waals surface area contributed by atoms with Crippen molar-refractivity contribution in [2.24, 2.45) is 5.92 Å². The number of rotatable bonds is 3. The second-order valence-corrected chi connectivity index (χ2v) is 7.62. The van der Waals surface area contributed by atoms with Gasteiger partial charge in [0.05, 0.1) is 5.56 Å². The number of amides is 1. The number of phenolic OH excluding ortho intramolecular Hbond substituents is 1. The lowest BCUT2D eigenvalue weighted by Gasteiger charge is -2.42. The number of fused-ring (bicyclic) bond motifs is 1. The summed E-state index contributed by atoms with van der Waals surface area (Å²) < 4.78 is 0. The number of nitrogens with one attached hydrogen (secondary N) is 1. The van der Waals surface area contributed by atoms with Crippen molar-refractivity contribution < 1.29 is 9.90 Å². The van der Waals surface area contributed by atoms with E-state index in [1.54, 1.807) is 24.3 Å². The van der Waals surface area contributed by atoms with Gasteiger partial charge in [0.1, 0.15) is 5.75 Å². The SMILES string of the molecule is CN1CCC2=C(c3ccccc3)CCC(NC(=O)c3ccccc3O)C2C1. The first-order valence-corrected chi connectivity index (χ1v) is 9.68. The third-order valence-corrected chi connectivity index (χ3v) is 5.88. The van der Waals surface area contributed by atoms with Crippen molar-refractivity contribution >= 4 is 11.5 Å². The maximum atomic E-state index is 12.7. The molecule has 1 aliphatic carbocycles. The van der Waals surface area contributed by atoms with E-state index in [4.69, 9.17) is 0 Å². The molecule has 0 bridgehead atoms. The van der Waals surface area contributed by atoms with Crippen molar-refractivity contribution in [2.75, 3.05) is 20.1 Å². The summed E-state index contributed by atoms with van der Waals surface area (Å²) in [5.41, 5.74) is 4.61. The van der Waals surface area contributed by atoms with Crippen LogP contribution in [0.1, 0.15) is 35.2 Å². The summed E-state index contributed by atoms with van der Waals surface area (Å²) >= 11 is 0. The van der Waals surface area contributed by atoms with Gasteiger partial charge >= 0.3 is 0 Å². The van der Waals surface area contributed by atoms with E-state index in [-0.39, 0.29) is 17.7 Å². The van der Waals surface area contributed by atoms with Crippen LogP contribution in [0.2, 0.25) is 0 Å². The number of hydrogen-bond acceptors (Lipinski definition) is 3. The Labute approximate surface area is 160 Å². The van der Waals surface area contributed by atoms with Crippen molar-refractivity contribution in [2.45, 2.75) is 25.3 Å². The number of benzene rings is 2. The van der Waals surface area contributed by atoms with Crippen LogP contribution in [0.4, 0.5) is 0 Å². The van der Waals surface area contributed by atoms with Gasteiger partial charge in [-0.1, -0.05) is 48.0 Å². The van der Waals surface area contributed by atoms with Crippen LogP contribution < -0.4 is 5.32 Å². The topological polar surface area (TPSA) is 52.6 Å². The van der Waals surface area contributed by atoms with E-state index in [9.17, 15) is 9.90 Å². The molecule has 0 saturated carbocycles. The van der Waals surface area contributed by atoms with Crippen LogP contribution in [0.25, 0.3) is 5.57 Å². The van der Waals surface area contributed by atoms with Crippen LogP contribution in [-0.2, 0) is 0 Å². The minimum Gasteiger partial charge on any atom is -0.507 e. The molecule has 2 atom stereocenters. The number of para-hydroxylation sites is 1. The molecule has 1 heterocycles. The Hall–Kier alpha value is -2.59. The summed E-state index contributed by atoms with van der Waals surface area (Å²) in [4.78, 5) is 15.1. The van der Waals surface area contributed by atoms with Crippen LogP contribution in [0.5, 0.6) is 5.75 Å². The van der Waals surface area contributed by atoms with Gasteiger partial charge in [-0.15, -0.1) is 0 Å². The number of carbonyl (C=O) groups excluding carboxylic acids is 1. The van der Waals surface area contributed by atoms with E-state index in [1.165, 1.54) is 16.7 Å². The minimum atomic E-state index is -0.186. The third kappa shape index (κ3) is 3.62. The predicted molar refractivity (Wildman–Crippen MR) is 108 cm³/mol. The minimum absolute atomic E-state index is 0.0345. The lowest BCUT2D eigenvalue weighted by Crippen LogP contribution is -2.49. The molecule has 27 heavy (non-hydrogen) atoms. The summed E-state index contributed by atoms with van der Waals surface area (Å²) in [7, 11) is 2.15. The second-order valence-electron chi connectivity index (χ2n) is 7.62. The summed E-state index contributed by atoms with van der Waals surface area (Å²) in [5, 5.41) is 13.2. The lowest BCUT2D eigenvalue weighted by atomic mass is 9.73. The molecule has 4 rings (SSSR count). The molecule has 4 heteroatoms. The Morgan fingerprint density at radius 2 is 1.81 bits per heavy atom. The predicted octanol–water partition coefficient (Wildman–Crippen LogP) is 3.69. The first-order valence-electron chi connectivity index (χ1n) is 9.68. The molecule has 1 fully saturated rings. The maximum absolute atomic E-state index is 12.7. The zero-order valence-corrected chi connectivity index (χ0v) is 15.7. The molecular weight excluding hydrogens is 336 g/mol. The zero-order chi connectivity index (χ0) is 18.8. The molecule has 1 amide bonds. The highest BCUT2D eigenvalue weighted by Gasteiger charge is 2.36. The number of phenols is 1. The summed E-state index contributed by atoms with van der Waals surface area (Å²) in [6.07, 6.45) is 2.95. The van der Waals surface area contributed by atoms with Crippen molar-refractivity contribution in [3.63, 3.8) is 0 Å². The van der Waals surface area contributed by atoms with Gasteiger partial charge in [0.15, 0.2) is 0 Å². The standard InChI is InChI=1S/C23H26N2O2/c1-25-14-13-18-17(16-7-3-2-4-8-16)11-12-21(20(18)15-25)24-23(27)19-9-5-6-10-22(19)26/h2-10,20-21,26H,11-15H2,1H3,(H,24,27). The summed E-state index contributed by atoms with van der Waals surface area (Å²) in [6, 6.07) is 17.5. The van der Waals surface area contributed by atoms with Crippen LogP contribution in [0.3, 0.4) is 0 Å². The molecule has 2 aliphatic rings. The lowest BCUT2D eigenvalue weighted by molar-refractivity contribution is 0.0906. The number of carbonyl (C=O) groups is 1. The van der Waals surface area contributed by atoms with Gasteiger partial charge in [-0.2, -0.15) is 0 Å². The van der Waals surface area contributed by atoms with Crippen molar-refractivity contribution in [1.82, 2.24) is 10.2 Å². The molecule has 0 aromatic heterocycles. The van der Waals surface area contributed by atoms with Gasteiger partial charge in [-0.3, -0.25) is 4.79 Å². The van der Waals surface area contributed by atoms with Gasteiger partial charge < -0.3 is 15.3 Å². The fourth-order valence-corrected chi connectivity index (χ4v) is 4.49. The molecule has 2 unspecified atom stereocenters. The van der Waals surface area contributed by atoms with Gasteiger partial charge in [-0.25, -0.2) is 0 Å². The Balaban J connectivity index is 1.61. The smallest absolute Gasteiger partial charge is 0.255 e. The van der Waals surface area contributed by atoms with E-state index in [0.29, 0.717) is 11.5 Å². The van der Waals surface area contributed by atoms with Crippen LogP contribution in [0.15, 0.2) is 60.2 Å². The van der Waals surface area contributed by atoms with Gasteiger partial charge in [-0.05, 0) is 49.6 Å². The molecule has 1 aliphatic heterocycles. The monoisotopic (exact) mass is 362 g/mol. The number of allylic oxidation sites excluding steroid dienone is 1. The zero-order valence-electron chi connectivity index (χ0n) is 15.7. The molecule has 4 nitrogen and oxygen atoms in total. The highest BCUT2D eigenvalue weighted by Crippen LogP contribution is 2.40. The maximum Gasteiger partial charge on any atom is 0.255 e. The van der Waals surface area contributed by atoms with E-state index < -0.39 is 0 Å². The average Bonchev–Trinajstić information content (AvgIpc) is 2.69. The van der Waals surface area contributed by atoms with E-state index in [1.807, 2.05) is 0 Å². The van der Waals surface area contributed by atoms with Crippen LogP contribution in [-0.4, -0.2) is 42.1 Å². The normalized spacial score (nSPS) is 23.0. The molecule has 1 saturated heterocycles. The number of hydrogen-bond donors (Lipinski definition) is 2. The number of piperidine rings is 1. The molecule has 2 aromatic carbocycles. The average molecular weight is 362 g/mol. The van der Waals surface area contributed by atoms with Crippen molar-refractivity contribution in [1.29, 1.82) is 0 Å². The summed E-state index contributed by atoms with van der Waals surface area (Å²) in [6.45, 7) is 2.01. The fraction of sp³-hybridized carbons (Fsp3) is 0.348. The first-order chi connectivity index (χ1) is 13.1. The Bertz CT molecular complexity index is 860. The van der Waals surface area contributed by atoms with Crippen LogP contribution in [0, 0.1) is 5.92 Å². The van der Waals surface area contributed by atoms with Gasteiger partial charge in [0.25, 0.3) is 5.91 Å². The van der Waals surface area contributed by atoms with E-state index in [0.717, 1.165) is 32.4 Å². The highest BCUT2D eigenvalue weighted by atomic mass is 16.3. The van der Waals surface area contributed by atoms with Crippen LogP contribution >= 0.6 is 0 Å².